The van der Waals surface area contributed by atoms with Gasteiger partial charge in [0.15, 0.2) is 20.1 Å². The van der Waals surface area contributed by atoms with Crippen molar-refractivity contribution in [2.24, 2.45) is 0 Å². The van der Waals surface area contributed by atoms with Crippen molar-refractivity contribution < 1.29 is 19.4 Å². The summed E-state index contributed by atoms with van der Waals surface area (Å²) in [6.07, 6.45) is 7.83. The van der Waals surface area contributed by atoms with Gasteiger partial charge in [0.05, 0.1) is 6.61 Å². The first-order chi connectivity index (χ1) is 13.1. The number of unbranched alkanes of at least 4 members (excludes halogenated alkanes) is 3. The topological polar surface area (TPSA) is 120 Å². The molecule has 0 spiro atoms. The summed E-state index contributed by atoms with van der Waals surface area (Å²) in [6, 6.07) is 2.39. The summed E-state index contributed by atoms with van der Waals surface area (Å²) in [5, 5.41) is 21.4. The van der Waals surface area contributed by atoms with Gasteiger partial charge in [-0.1, -0.05) is 38.5 Å². The monoisotopic (exact) mass is 409 g/mol. The van der Waals surface area contributed by atoms with Crippen molar-refractivity contribution in [1.29, 1.82) is 0 Å². The first-order valence-corrected chi connectivity index (χ1v) is 12.8. The van der Waals surface area contributed by atoms with Crippen LogP contribution in [0.4, 0.5) is 5.82 Å². The molecule has 0 amide bonds. The zero-order valence-electron chi connectivity index (χ0n) is 16.8. The molecule has 1 aromatic rings. The minimum Gasteiger partial charge on any atom is -0.415 e. The summed E-state index contributed by atoms with van der Waals surface area (Å²) in [5.74, 6) is 2.27. The highest BCUT2D eigenvalue weighted by Gasteiger charge is 2.55. The van der Waals surface area contributed by atoms with Crippen molar-refractivity contribution in [3.63, 3.8) is 0 Å². The van der Waals surface area contributed by atoms with Crippen molar-refractivity contribution >= 4 is 14.1 Å². The number of nitrogens with zero attached hydrogens (tertiary/aromatic N) is 2. The van der Waals surface area contributed by atoms with Gasteiger partial charge >= 0.3 is 5.69 Å². The van der Waals surface area contributed by atoms with E-state index in [1.165, 1.54) is 31.5 Å². The lowest BCUT2D eigenvalue weighted by Gasteiger charge is -2.29. The molecule has 1 saturated heterocycles. The molecule has 9 heteroatoms. The first-order valence-electron chi connectivity index (χ1n) is 9.67. The Labute approximate surface area is 166 Å². The van der Waals surface area contributed by atoms with Crippen molar-refractivity contribution in [2.45, 2.75) is 75.8 Å². The fourth-order valence-electron chi connectivity index (χ4n) is 3.29. The third-order valence-electron chi connectivity index (χ3n) is 5.13. The largest absolute Gasteiger partial charge is 0.415 e. The van der Waals surface area contributed by atoms with E-state index < -0.39 is 38.0 Å². The zero-order valence-corrected chi connectivity index (χ0v) is 17.8. The fraction of sp³-hybridized carbons (Fsp3) is 0.684. The Kier molecular flexibility index (Phi) is 7.42. The zero-order chi connectivity index (χ0) is 20.9. The molecular formula is C19H31N3O5Si. The summed E-state index contributed by atoms with van der Waals surface area (Å²) in [7, 11) is -1.98. The number of rotatable bonds is 9. The van der Waals surface area contributed by atoms with E-state index in [9.17, 15) is 15.0 Å². The summed E-state index contributed by atoms with van der Waals surface area (Å²) in [4.78, 5) is 15.7. The van der Waals surface area contributed by atoms with Gasteiger partial charge in [0.2, 0.25) is 0 Å². The lowest BCUT2D eigenvalue weighted by Crippen LogP contribution is -2.49. The summed E-state index contributed by atoms with van der Waals surface area (Å²) in [5.41, 5.74) is 2.82. The van der Waals surface area contributed by atoms with Crippen molar-refractivity contribution in [3.8, 4) is 12.3 Å². The van der Waals surface area contributed by atoms with Gasteiger partial charge in [0.1, 0.15) is 18.0 Å². The molecule has 1 fully saturated rings. The summed E-state index contributed by atoms with van der Waals surface area (Å²) < 4.78 is 12.9. The summed E-state index contributed by atoms with van der Waals surface area (Å²) in [6.45, 7) is 6.41. The number of terminal acetylenes is 1. The maximum Gasteiger partial charge on any atom is 0.351 e. The number of hydrogen-bond acceptors (Lipinski definition) is 7. The number of nitrogen functional groups attached to an aromatic ring is 1. The molecule has 1 aliphatic heterocycles. The average molecular weight is 410 g/mol. The minimum atomic E-state index is -1.98. The molecule has 156 valence electrons. The maximum atomic E-state index is 12.1. The molecule has 28 heavy (non-hydrogen) atoms. The van der Waals surface area contributed by atoms with Crippen LogP contribution in [0.5, 0.6) is 0 Å². The number of aromatic nitrogens is 2. The lowest BCUT2D eigenvalue weighted by atomic mass is 9.93. The van der Waals surface area contributed by atoms with Crippen LogP contribution in [0.1, 0.15) is 38.8 Å². The second-order valence-corrected chi connectivity index (χ2v) is 12.2. The second-order valence-electron chi connectivity index (χ2n) is 7.85. The molecule has 4 N–H and O–H groups in total. The Hall–Kier alpha value is -1.70. The number of nitrogens with two attached hydrogens (primary N) is 1. The van der Waals surface area contributed by atoms with E-state index in [1.807, 2.05) is 0 Å². The fourth-order valence-corrected chi connectivity index (χ4v) is 5.14. The van der Waals surface area contributed by atoms with Crippen LogP contribution in [0.2, 0.25) is 19.1 Å². The molecule has 0 aliphatic carbocycles. The number of aliphatic hydroxyl groups excluding tert-OH is 1. The standard InChI is InChI=1S/C19H31N3O5Si/c1-5-7-8-9-12-28(3,4)26-13-14-19(25,6-2)16(23)17(27-14)22-11-10-15(20)21-18(22)24/h2,10-11,14,16-17,23,25H,5,7-9,12-13H2,1,3-4H3,(H2,20,21,24)/t14-,16+,17?,19-/m1/s1. The van der Waals surface area contributed by atoms with E-state index in [4.69, 9.17) is 21.3 Å². The third-order valence-corrected chi connectivity index (χ3v) is 7.64. The molecule has 8 nitrogen and oxygen atoms in total. The van der Waals surface area contributed by atoms with Gasteiger partial charge in [0.25, 0.3) is 0 Å². The van der Waals surface area contributed by atoms with Gasteiger partial charge in [-0.2, -0.15) is 4.98 Å². The Morgan fingerprint density at radius 2 is 2.18 bits per heavy atom. The predicted molar refractivity (Wildman–Crippen MR) is 109 cm³/mol. The number of anilines is 1. The molecule has 1 aromatic heterocycles. The molecule has 2 heterocycles. The Morgan fingerprint density at radius 1 is 1.46 bits per heavy atom. The van der Waals surface area contributed by atoms with Crippen LogP contribution in [0.3, 0.4) is 0 Å². The van der Waals surface area contributed by atoms with Crippen molar-refractivity contribution in [3.05, 3.63) is 22.7 Å². The van der Waals surface area contributed by atoms with E-state index in [-0.39, 0.29) is 12.4 Å². The average Bonchev–Trinajstić information content (AvgIpc) is 2.89. The molecular weight excluding hydrogens is 378 g/mol. The van der Waals surface area contributed by atoms with Crippen LogP contribution in [0.25, 0.3) is 0 Å². The molecule has 0 saturated carbocycles. The van der Waals surface area contributed by atoms with E-state index in [0.717, 1.165) is 17.0 Å². The summed E-state index contributed by atoms with van der Waals surface area (Å²) >= 11 is 0. The van der Waals surface area contributed by atoms with Crippen LogP contribution < -0.4 is 11.4 Å². The third kappa shape index (κ3) is 5.01. The van der Waals surface area contributed by atoms with Crippen LogP contribution in [-0.2, 0) is 9.16 Å². The van der Waals surface area contributed by atoms with Gasteiger partial charge in [-0.3, -0.25) is 4.57 Å². The molecule has 0 radical (unpaired) electrons. The first kappa shape index (κ1) is 22.6. The van der Waals surface area contributed by atoms with Crippen LogP contribution in [0.15, 0.2) is 17.1 Å². The molecule has 1 aliphatic rings. The maximum absolute atomic E-state index is 12.1. The number of aliphatic hydroxyl groups is 2. The Balaban J connectivity index is 2.09. The lowest BCUT2D eigenvalue weighted by molar-refractivity contribution is -0.0591. The smallest absolute Gasteiger partial charge is 0.351 e. The van der Waals surface area contributed by atoms with Crippen LogP contribution in [0, 0.1) is 12.3 Å². The van der Waals surface area contributed by atoms with Crippen LogP contribution >= 0.6 is 0 Å². The molecule has 1 unspecified atom stereocenters. The minimum absolute atomic E-state index is 0.0401. The second kappa shape index (κ2) is 9.20. The Morgan fingerprint density at radius 3 is 2.79 bits per heavy atom. The SMILES string of the molecule is C#C[C@@]1(O)[C@@H](CO[Si](C)(C)CCCCCC)OC(n2ccc(N)nc2=O)[C@@H]1O. The highest BCUT2D eigenvalue weighted by molar-refractivity contribution is 6.71. The van der Waals surface area contributed by atoms with Crippen molar-refractivity contribution in [1.82, 2.24) is 9.55 Å². The van der Waals surface area contributed by atoms with Crippen LogP contribution in [-0.4, -0.2) is 52.5 Å². The van der Waals surface area contributed by atoms with E-state index >= 15 is 0 Å². The van der Waals surface area contributed by atoms with E-state index in [1.54, 1.807) is 0 Å². The van der Waals surface area contributed by atoms with E-state index in [0.29, 0.717) is 0 Å². The van der Waals surface area contributed by atoms with Gasteiger partial charge < -0.3 is 25.1 Å². The van der Waals surface area contributed by atoms with Gasteiger partial charge in [0, 0.05) is 6.20 Å². The van der Waals surface area contributed by atoms with Crippen molar-refractivity contribution in [2.75, 3.05) is 12.3 Å². The van der Waals surface area contributed by atoms with Gasteiger partial charge in [-0.05, 0) is 25.2 Å². The predicted octanol–water partition coefficient (Wildman–Crippen LogP) is 1.25. The number of hydrogen-bond donors (Lipinski definition) is 3. The molecule has 4 atom stereocenters. The van der Waals surface area contributed by atoms with Gasteiger partial charge in [-0.25, -0.2) is 4.79 Å². The normalized spacial score (nSPS) is 27.6. The highest BCUT2D eigenvalue weighted by Crippen LogP contribution is 2.37. The molecule has 0 bridgehead atoms. The van der Waals surface area contributed by atoms with E-state index in [2.05, 4.69) is 30.9 Å². The quantitative estimate of drug-likeness (QED) is 0.319. The number of ether oxygens (including phenoxy) is 1. The Bertz CT molecular complexity index is 763. The highest BCUT2D eigenvalue weighted by atomic mass is 28.4. The molecule has 0 aromatic carbocycles. The molecule has 2 rings (SSSR count). The van der Waals surface area contributed by atoms with Gasteiger partial charge in [-0.15, -0.1) is 6.42 Å².